The van der Waals surface area contributed by atoms with Crippen molar-refractivity contribution in [1.82, 2.24) is 10.6 Å². The van der Waals surface area contributed by atoms with Crippen molar-refractivity contribution in [2.24, 2.45) is 0 Å². The predicted molar refractivity (Wildman–Crippen MR) is 62.2 cm³/mol. The van der Waals surface area contributed by atoms with Crippen molar-refractivity contribution >= 4 is 0 Å². The van der Waals surface area contributed by atoms with Crippen molar-refractivity contribution in [3.05, 3.63) is 23.8 Å². The molecule has 2 rings (SSSR count). The fraction of sp³-hybridized carbons (Fsp3) is 0.500. The lowest BCUT2D eigenvalue weighted by molar-refractivity contribution is 0.385. The Morgan fingerprint density at radius 1 is 1.19 bits per heavy atom. The van der Waals surface area contributed by atoms with Gasteiger partial charge in [-0.1, -0.05) is 0 Å². The first kappa shape index (κ1) is 11.2. The Hall–Kier alpha value is -1.26. The van der Waals surface area contributed by atoms with Gasteiger partial charge in [0.05, 0.1) is 20.3 Å². The van der Waals surface area contributed by atoms with Crippen LogP contribution in [0, 0.1) is 0 Å². The number of nitrogens with one attached hydrogen (secondary N) is 1. The zero-order chi connectivity index (χ0) is 11.4. The molecule has 1 saturated heterocycles. The first-order valence-corrected chi connectivity index (χ1v) is 5.44. The van der Waals surface area contributed by atoms with Gasteiger partial charge in [0.2, 0.25) is 0 Å². The molecule has 1 aliphatic heterocycles. The van der Waals surface area contributed by atoms with Gasteiger partial charge in [-0.05, 0) is 17.7 Å². The van der Waals surface area contributed by atoms with Gasteiger partial charge in [-0.2, -0.15) is 0 Å². The van der Waals surface area contributed by atoms with Gasteiger partial charge in [0.1, 0.15) is 11.5 Å². The molecule has 0 bridgehead atoms. The number of hydrogen-bond donors (Lipinski definition) is 1. The highest BCUT2D eigenvalue weighted by Crippen LogP contribution is 2.27. The maximum absolute atomic E-state index is 5.25. The fourth-order valence-electron chi connectivity index (χ4n) is 1.85. The second-order valence-corrected chi connectivity index (χ2v) is 3.77. The highest BCUT2D eigenvalue weighted by molar-refractivity contribution is 5.40. The molecular weight excluding hydrogens is 204 g/mol. The summed E-state index contributed by atoms with van der Waals surface area (Å²) in [7, 11) is 3.32. The van der Waals surface area contributed by atoms with Gasteiger partial charge in [0, 0.05) is 25.7 Å². The van der Waals surface area contributed by atoms with Crippen LogP contribution in [0.15, 0.2) is 18.2 Å². The first-order chi connectivity index (χ1) is 7.83. The maximum Gasteiger partial charge on any atom is 0.122 e. The predicted octanol–water partition coefficient (Wildman–Crippen LogP) is 0.952. The fourth-order valence-corrected chi connectivity index (χ4v) is 1.85. The van der Waals surface area contributed by atoms with E-state index in [9.17, 15) is 0 Å². The van der Waals surface area contributed by atoms with Crippen molar-refractivity contribution in [1.29, 1.82) is 0 Å². The van der Waals surface area contributed by atoms with E-state index in [-0.39, 0.29) is 6.04 Å². The quantitative estimate of drug-likeness (QED) is 0.826. The highest BCUT2D eigenvalue weighted by Gasteiger charge is 2.17. The zero-order valence-electron chi connectivity index (χ0n) is 9.69. The minimum absolute atomic E-state index is 0.206. The van der Waals surface area contributed by atoms with Crippen molar-refractivity contribution in [2.75, 3.05) is 33.9 Å². The van der Waals surface area contributed by atoms with Crippen LogP contribution < -0.4 is 20.1 Å². The summed E-state index contributed by atoms with van der Waals surface area (Å²) < 4.78 is 10.5. The lowest BCUT2D eigenvalue weighted by atomic mass is 10.0. The van der Waals surface area contributed by atoms with Gasteiger partial charge in [-0.25, -0.2) is 5.32 Å². The van der Waals surface area contributed by atoms with E-state index < -0.39 is 0 Å². The normalized spacial score (nSPS) is 20.5. The van der Waals surface area contributed by atoms with E-state index in [1.807, 2.05) is 18.2 Å². The number of benzene rings is 1. The molecule has 87 valence electrons. The van der Waals surface area contributed by atoms with Crippen molar-refractivity contribution in [3.8, 4) is 11.5 Å². The molecule has 1 aliphatic rings. The number of methoxy groups -OCH3 is 2. The van der Waals surface area contributed by atoms with Crippen LogP contribution in [0.1, 0.15) is 11.6 Å². The summed E-state index contributed by atoms with van der Waals surface area (Å²) in [6.07, 6.45) is 0. The SMILES string of the molecule is COc1cc(OC)cc([C@H]2CNCC[N]2)c1. The van der Waals surface area contributed by atoms with Crippen molar-refractivity contribution in [2.45, 2.75) is 6.04 Å². The number of hydrogen-bond acceptors (Lipinski definition) is 3. The van der Waals surface area contributed by atoms with Crippen molar-refractivity contribution in [3.63, 3.8) is 0 Å². The number of rotatable bonds is 3. The molecule has 16 heavy (non-hydrogen) atoms. The Morgan fingerprint density at radius 3 is 2.38 bits per heavy atom. The average Bonchev–Trinajstić information content (AvgIpc) is 2.39. The van der Waals surface area contributed by atoms with Gasteiger partial charge in [0.25, 0.3) is 0 Å². The van der Waals surface area contributed by atoms with Gasteiger partial charge in [-0.3, -0.25) is 0 Å². The summed E-state index contributed by atoms with van der Waals surface area (Å²) in [6.45, 7) is 2.72. The molecule has 0 spiro atoms. The Morgan fingerprint density at radius 2 is 1.88 bits per heavy atom. The third-order valence-corrected chi connectivity index (χ3v) is 2.73. The molecule has 0 unspecified atom stereocenters. The van der Waals surface area contributed by atoms with Crippen molar-refractivity contribution < 1.29 is 9.47 Å². The third kappa shape index (κ3) is 2.46. The lowest BCUT2D eigenvalue weighted by Gasteiger charge is -2.23. The second kappa shape index (κ2) is 5.18. The smallest absolute Gasteiger partial charge is 0.122 e. The largest absolute Gasteiger partial charge is 0.497 e. The van der Waals surface area contributed by atoms with Crippen LogP contribution in [-0.2, 0) is 0 Å². The third-order valence-electron chi connectivity index (χ3n) is 2.73. The van der Waals surface area contributed by atoms with E-state index in [4.69, 9.17) is 9.47 Å². The molecule has 4 nitrogen and oxygen atoms in total. The molecule has 1 heterocycles. The molecular formula is C12H17N2O2. The number of ether oxygens (including phenoxy) is 2. The van der Waals surface area contributed by atoms with Crippen LogP contribution in [-0.4, -0.2) is 33.9 Å². The minimum Gasteiger partial charge on any atom is -0.497 e. The minimum atomic E-state index is 0.206. The molecule has 0 aromatic heterocycles. The highest BCUT2D eigenvalue weighted by atomic mass is 16.5. The summed E-state index contributed by atoms with van der Waals surface area (Å²) in [4.78, 5) is 0. The van der Waals surface area contributed by atoms with Crippen LogP contribution in [0.25, 0.3) is 0 Å². The summed E-state index contributed by atoms with van der Waals surface area (Å²) in [5.74, 6) is 1.63. The van der Waals surface area contributed by atoms with E-state index in [0.29, 0.717) is 0 Å². The molecule has 1 aromatic carbocycles. The molecule has 1 atom stereocenters. The maximum atomic E-state index is 5.25. The van der Waals surface area contributed by atoms with Crippen LogP contribution >= 0.6 is 0 Å². The van der Waals surface area contributed by atoms with E-state index in [2.05, 4.69) is 10.6 Å². The molecule has 4 heteroatoms. The van der Waals surface area contributed by atoms with Crippen LogP contribution in [0.4, 0.5) is 0 Å². The van der Waals surface area contributed by atoms with E-state index >= 15 is 0 Å². The Labute approximate surface area is 95.9 Å². The summed E-state index contributed by atoms with van der Waals surface area (Å²) >= 11 is 0. The van der Waals surface area contributed by atoms with Gasteiger partial charge in [0.15, 0.2) is 0 Å². The average molecular weight is 221 g/mol. The molecule has 1 fully saturated rings. The standard InChI is InChI=1S/C12H17N2O2/c1-15-10-5-9(6-11(7-10)16-2)12-8-13-3-4-14-12/h5-7,12-13H,3-4,8H2,1-2H3/t12-/m1/s1. The van der Waals surface area contributed by atoms with E-state index in [1.54, 1.807) is 14.2 Å². The molecule has 0 amide bonds. The molecule has 1 aromatic rings. The van der Waals surface area contributed by atoms with Crippen LogP contribution in [0.5, 0.6) is 11.5 Å². The number of piperazine rings is 1. The lowest BCUT2D eigenvalue weighted by Crippen LogP contribution is -2.38. The summed E-state index contributed by atoms with van der Waals surface area (Å²) in [5, 5.41) is 7.91. The topological polar surface area (TPSA) is 44.6 Å². The second-order valence-electron chi connectivity index (χ2n) is 3.77. The van der Waals surface area contributed by atoms with Gasteiger partial charge < -0.3 is 14.8 Å². The van der Waals surface area contributed by atoms with Gasteiger partial charge in [-0.15, -0.1) is 0 Å². The molecule has 0 saturated carbocycles. The number of nitrogens with zero attached hydrogens (tertiary/aromatic N) is 1. The zero-order valence-corrected chi connectivity index (χ0v) is 9.69. The Bertz CT molecular complexity index is 327. The Kier molecular flexibility index (Phi) is 3.64. The molecule has 0 aliphatic carbocycles. The van der Waals surface area contributed by atoms with Crippen LogP contribution in [0.3, 0.4) is 0 Å². The monoisotopic (exact) mass is 221 g/mol. The molecule has 1 radical (unpaired) electrons. The summed E-state index contributed by atoms with van der Waals surface area (Å²) in [6, 6.07) is 6.12. The van der Waals surface area contributed by atoms with E-state index in [0.717, 1.165) is 36.7 Å². The summed E-state index contributed by atoms with van der Waals surface area (Å²) in [5.41, 5.74) is 1.14. The van der Waals surface area contributed by atoms with Crippen LogP contribution in [0.2, 0.25) is 0 Å². The first-order valence-electron chi connectivity index (χ1n) is 5.44. The Balaban J connectivity index is 2.24. The molecule has 1 N–H and O–H groups in total. The van der Waals surface area contributed by atoms with E-state index in [1.165, 1.54) is 0 Å². The van der Waals surface area contributed by atoms with Gasteiger partial charge >= 0.3 is 0 Å².